The molecule has 0 fully saturated rings. The summed E-state index contributed by atoms with van der Waals surface area (Å²) in [5.41, 5.74) is 2.20. The Morgan fingerprint density at radius 1 is 1.00 bits per heavy atom. The van der Waals surface area contributed by atoms with E-state index < -0.39 is 0 Å². The van der Waals surface area contributed by atoms with Gasteiger partial charge >= 0.3 is 0 Å². The lowest BCUT2D eigenvalue weighted by Gasteiger charge is -2.12. The van der Waals surface area contributed by atoms with E-state index in [1.165, 1.54) is 0 Å². The van der Waals surface area contributed by atoms with Crippen molar-refractivity contribution >= 4 is 15.9 Å². The van der Waals surface area contributed by atoms with Crippen LogP contribution in [0.4, 0.5) is 0 Å². The molecule has 0 bridgehead atoms. The minimum atomic E-state index is 0.842. The molecule has 0 saturated heterocycles. The Kier molecular flexibility index (Phi) is 3.20. The highest BCUT2D eigenvalue weighted by atomic mass is 79.9. The van der Waals surface area contributed by atoms with Gasteiger partial charge in [0.25, 0.3) is 0 Å². The number of benzene rings is 1. The van der Waals surface area contributed by atoms with Gasteiger partial charge in [-0.15, -0.1) is 0 Å². The van der Waals surface area contributed by atoms with Gasteiger partial charge in [0.1, 0.15) is 11.5 Å². The molecule has 13 heavy (non-hydrogen) atoms. The van der Waals surface area contributed by atoms with Crippen LogP contribution in [0.15, 0.2) is 10.5 Å². The first-order valence-electron chi connectivity index (χ1n) is 3.99. The molecule has 1 rings (SSSR count). The van der Waals surface area contributed by atoms with Crippen molar-refractivity contribution in [1.29, 1.82) is 0 Å². The molecule has 0 heterocycles. The number of methoxy groups -OCH3 is 2. The van der Waals surface area contributed by atoms with Crippen LogP contribution in [0.25, 0.3) is 0 Å². The molecular weight excluding hydrogens is 232 g/mol. The fraction of sp³-hybridized carbons (Fsp3) is 0.400. The Morgan fingerprint density at radius 2 is 1.38 bits per heavy atom. The molecule has 1 aromatic carbocycles. The summed E-state index contributed by atoms with van der Waals surface area (Å²) >= 11 is 3.50. The zero-order chi connectivity index (χ0) is 10.0. The van der Waals surface area contributed by atoms with Gasteiger partial charge in [0.2, 0.25) is 0 Å². The first kappa shape index (κ1) is 10.4. The second-order valence-corrected chi connectivity index (χ2v) is 3.64. The van der Waals surface area contributed by atoms with E-state index >= 15 is 0 Å². The van der Waals surface area contributed by atoms with E-state index in [-0.39, 0.29) is 0 Å². The smallest absolute Gasteiger partial charge is 0.126 e. The van der Waals surface area contributed by atoms with Gasteiger partial charge in [0.05, 0.1) is 14.2 Å². The van der Waals surface area contributed by atoms with E-state index in [1.807, 2.05) is 19.9 Å². The fourth-order valence-electron chi connectivity index (χ4n) is 1.26. The van der Waals surface area contributed by atoms with Gasteiger partial charge in [-0.1, -0.05) is 0 Å². The summed E-state index contributed by atoms with van der Waals surface area (Å²) in [7, 11) is 3.31. The maximum Gasteiger partial charge on any atom is 0.126 e. The second-order valence-electron chi connectivity index (χ2n) is 2.85. The Bertz CT molecular complexity index is 293. The molecule has 0 spiro atoms. The molecular formula is C10H13BrO2. The minimum absolute atomic E-state index is 0.842. The molecule has 0 radical (unpaired) electrons. The van der Waals surface area contributed by atoms with Crippen molar-refractivity contribution in [2.24, 2.45) is 0 Å². The number of hydrogen-bond donors (Lipinski definition) is 0. The standard InChI is InChI=1S/C10H13BrO2/c1-6-8(12-3)5-9(13-4)7(2)10(6)11/h5H,1-4H3. The van der Waals surface area contributed by atoms with E-state index in [9.17, 15) is 0 Å². The quantitative estimate of drug-likeness (QED) is 0.797. The summed E-state index contributed by atoms with van der Waals surface area (Å²) in [5.74, 6) is 1.68. The van der Waals surface area contributed by atoms with E-state index in [0.29, 0.717) is 0 Å². The highest BCUT2D eigenvalue weighted by Crippen LogP contribution is 2.35. The summed E-state index contributed by atoms with van der Waals surface area (Å²) in [4.78, 5) is 0. The van der Waals surface area contributed by atoms with Crippen LogP contribution in [0.5, 0.6) is 11.5 Å². The molecule has 0 N–H and O–H groups in total. The summed E-state index contributed by atoms with van der Waals surface area (Å²) in [6, 6.07) is 1.90. The number of hydrogen-bond acceptors (Lipinski definition) is 2. The molecule has 72 valence electrons. The Morgan fingerprint density at radius 3 is 1.69 bits per heavy atom. The predicted octanol–water partition coefficient (Wildman–Crippen LogP) is 3.08. The monoisotopic (exact) mass is 244 g/mol. The lowest BCUT2D eigenvalue weighted by molar-refractivity contribution is 0.389. The Labute approximate surface area is 87.0 Å². The van der Waals surface area contributed by atoms with Gasteiger partial charge in [-0.3, -0.25) is 0 Å². The third-order valence-electron chi connectivity index (χ3n) is 2.10. The van der Waals surface area contributed by atoms with E-state index in [1.54, 1.807) is 14.2 Å². The van der Waals surface area contributed by atoms with Gasteiger partial charge in [-0.2, -0.15) is 0 Å². The lowest BCUT2D eigenvalue weighted by atomic mass is 10.1. The van der Waals surface area contributed by atoms with Gasteiger partial charge in [-0.05, 0) is 29.8 Å². The van der Waals surface area contributed by atoms with E-state index in [4.69, 9.17) is 9.47 Å². The number of halogens is 1. The van der Waals surface area contributed by atoms with Gasteiger partial charge < -0.3 is 9.47 Å². The van der Waals surface area contributed by atoms with Crippen molar-refractivity contribution in [1.82, 2.24) is 0 Å². The van der Waals surface area contributed by atoms with Crippen molar-refractivity contribution in [3.63, 3.8) is 0 Å². The normalized spacial score (nSPS) is 9.92. The van der Waals surface area contributed by atoms with Gasteiger partial charge in [-0.25, -0.2) is 0 Å². The molecule has 0 saturated carbocycles. The Hall–Kier alpha value is -0.700. The summed E-state index contributed by atoms with van der Waals surface area (Å²) in [6.45, 7) is 4.02. The first-order chi connectivity index (χ1) is 6.11. The fourth-order valence-corrected chi connectivity index (χ4v) is 1.65. The van der Waals surface area contributed by atoms with E-state index in [0.717, 1.165) is 27.1 Å². The van der Waals surface area contributed by atoms with Crippen molar-refractivity contribution in [3.05, 3.63) is 21.7 Å². The molecule has 2 nitrogen and oxygen atoms in total. The maximum atomic E-state index is 5.21. The van der Waals surface area contributed by atoms with Crippen LogP contribution in [0.3, 0.4) is 0 Å². The molecule has 0 unspecified atom stereocenters. The van der Waals surface area contributed by atoms with Crippen LogP contribution in [0.2, 0.25) is 0 Å². The molecule has 0 aromatic heterocycles. The molecule has 0 atom stereocenters. The zero-order valence-corrected chi connectivity index (χ0v) is 9.86. The molecule has 0 aliphatic rings. The third kappa shape index (κ3) is 1.80. The topological polar surface area (TPSA) is 18.5 Å². The second kappa shape index (κ2) is 4.01. The summed E-state index contributed by atoms with van der Waals surface area (Å²) in [5, 5.41) is 0. The lowest BCUT2D eigenvalue weighted by Crippen LogP contribution is -1.94. The average molecular weight is 245 g/mol. The zero-order valence-electron chi connectivity index (χ0n) is 8.27. The SMILES string of the molecule is COc1cc(OC)c(C)c(Br)c1C. The maximum absolute atomic E-state index is 5.21. The first-order valence-corrected chi connectivity index (χ1v) is 4.78. The van der Waals surface area contributed by atoms with E-state index in [2.05, 4.69) is 15.9 Å². The minimum Gasteiger partial charge on any atom is -0.496 e. The van der Waals surface area contributed by atoms with Crippen molar-refractivity contribution in [2.45, 2.75) is 13.8 Å². The average Bonchev–Trinajstić information content (AvgIpc) is 2.15. The molecule has 3 heteroatoms. The van der Waals surface area contributed by atoms with Crippen LogP contribution in [0.1, 0.15) is 11.1 Å². The molecule has 0 aliphatic carbocycles. The van der Waals surface area contributed by atoms with Gasteiger partial charge in [0.15, 0.2) is 0 Å². The molecule has 0 amide bonds. The van der Waals surface area contributed by atoms with Crippen LogP contribution in [0, 0.1) is 13.8 Å². The summed E-state index contributed by atoms with van der Waals surface area (Å²) in [6.07, 6.45) is 0. The third-order valence-corrected chi connectivity index (χ3v) is 3.29. The summed E-state index contributed by atoms with van der Waals surface area (Å²) < 4.78 is 11.5. The highest BCUT2D eigenvalue weighted by Gasteiger charge is 2.10. The van der Waals surface area contributed by atoms with Gasteiger partial charge in [0, 0.05) is 21.7 Å². The van der Waals surface area contributed by atoms with Crippen LogP contribution in [-0.2, 0) is 0 Å². The number of ether oxygens (including phenoxy) is 2. The Balaban J connectivity index is 3.36. The molecule has 1 aromatic rings. The van der Waals surface area contributed by atoms with Crippen LogP contribution >= 0.6 is 15.9 Å². The van der Waals surface area contributed by atoms with Crippen molar-refractivity contribution in [2.75, 3.05) is 14.2 Å². The number of rotatable bonds is 2. The largest absolute Gasteiger partial charge is 0.496 e. The highest BCUT2D eigenvalue weighted by molar-refractivity contribution is 9.10. The van der Waals surface area contributed by atoms with Crippen molar-refractivity contribution in [3.8, 4) is 11.5 Å². The predicted molar refractivity (Wildman–Crippen MR) is 56.7 cm³/mol. The van der Waals surface area contributed by atoms with Crippen molar-refractivity contribution < 1.29 is 9.47 Å². The molecule has 0 aliphatic heterocycles. The van der Waals surface area contributed by atoms with Crippen LogP contribution in [-0.4, -0.2) is 14.2 Å². The van der Waals surface area contributed by atoms with Crippen LogP contribution < -0.4 is 9.47 Å².